The van der Waals surface area contributed by atoms with E-state index >= 15 is 0 Å². The number of nitrogens with zero attached hydrogens (tertiary/aromatic N) is 3. The standard InChI is InChI=1S/C14H12N4O4/c1-8-5-11(22-17-8)9-6-13(20)18(7-12(15)19)16-14(9)10-3-2-4-21-10/h2-6H,7H2,1H3,(H2,15,19). The number of primary amides is 1. The first-order valence-electron chi connectivity index (χ1n) is 6.42. The molecular formula is C14H12N4O4. The highest BCUT2D eigenvalue weighted by Gasteiger charge is 2.18. The highest BCUT2D eigenvalue weighted by molar-refractivity contribution is 5.76. The molecule has 0 spiro atoms. The molecule has 0 aliphatic rings. The lowest BCUT2D eigenvalue weighted by molar-refractivity contribution is -0.118. The van der Waals surface area contributed by atoms with E-state index in [-0.39, 0.29) is 6.54 Å². The van der Waals surface area contributed by atoms with Gasteiger partial charge in [0.15, 0.2) is 11.5 Å². The van der Waals surface area contributed by atoms with Gasteiger partial charge in [-0.1, -0.05) is 5.16 Å². The number of aryl methyl sites for hydroxylation is 1. The number of hydrogen-bond donors (Lipinski definition) is 1. The highest BCUT2D eigenvalue weighted by atomic mass is 16.5. The Bertz CT molecular complexity index is 877. The third-order valence-corrected chi connectivity index (χ3v) is 2.95. The van der Waals surface area contributed by atoms with Crippen LogP contribution in [0.3, 0.4) is 0 Å². The van der Waals surface area contributed by atoms with Gasteiger partial charge in [0.1, 0.15) is 12.2 Å². The van der Waals surface area contributed by atoms with Crippen molar-refractivity contribution in [2.75, 3.05) is 0 Å². The number of amides is 1. The predicted octanol–water partition coefficient (Wildman–Crippen LogP) is 0.952. The minimum absolute atomic E-state index is 0.317. The Labute approximate surface area is 124 Å². The third-order valence-electron chi connectivity index (χ3n) is 2.95. The highest BCUT2D eigenvalue weighted by Crippen LogP contribution is 2.29. The van der Waals surface area contributed by atoms with E-state index in [9.17, 15) is 9.59 Å². The predicted molar refractivity (Wildman–Crippen MR) is 75.6 cm³/mol. The molecule has 0 atom stereocenters. The van der Waals surface area contributed by atoms with Crippen LogP contribution in [0.4, 0.5) is 0 Å². The third kappa shape index (κ3) is 2.53. The van der Waals surface area contributed by atoms with Gasteiger partial charge < -0.3 is 14.7 Å². The van der Waals surface area contributed by atoms with Crippen LogP contribution < -0.4 is 11.3 Å². The van der Waals surface area contributed by atoms with Crippen molar-refractivity contribution < 1.29 is 13.7 Å². The number of carbonyl (C=O) groups excluding carboxylic acids is 1. The van der Waals surface area contributed by atoms with Crippen molar-refractivity contribution in [2.24, 2.45) is 5.73 Å². The van der Waals surface area contributed by atoms with Crippen LogP contribution in [0.2, 0.25) is 0 Å². The molecule has 1 amide bonds. The Morgan fingerprint density at radius 1 is 1.36 bits per heavy atom. The molecule has 3 aromatic rings. The average molecular weight is 300 g/mol. The summed E-state index contributed by atoms with van der Waals surface area (Å²) in [6.07, 6.45) is 1.48. The van der Waals surface area contributed by atoms with Crippen molar-refractivity contribution in [2.45, 2.75) is 13.5 Å². The fourth-order valence-electron chi connectivity index (χ4n) is 2.02. The van der Waals surface area contributed by atoms with Crippen LogP contribution in [-0.4, -0.2) is 20.8 Å². The first-order valence-corrected chi connectivity index (χ1v) is 6.42. The maximum Gasteiger partial charge on any atom is 0.268 e. The molecule has 0 saturated heterocycles. The van der Waals surface area contributed by atoms with Gasteiger partial charge >= 0.3 is 0 Å². The van der Waals surface area contributed by atoms with E-state index in [0.717, 1.165) is 4.68 Å². The number of hydrogen-bond acceptors (Lipinski definition) is 6. The lowest BCUT2D eigenvalue weighted by Gasteiger charge is -2.07. The quantitative estimate of drug-likeness (QED) is 0.766. The van der Waals surface area contributed by atoms with Gasteiger partial charge in [-0.25, -0.2) is 4.68 Å². The molecule has 8 heteroatoms. The van der Waals surface area contributed by atoms with E-state index in [1.54, 1.807) is 25.1 Å². The van der Waals surface area contributed by atoms with E-state index in [0.29, 0.717) is 28.5 Å². The van der Waals surface area contributed by atoms with Gasteiger partial charge in [0, 0.05) is 12.1 Å². The van der Waals surface area contributed by atoms with Gasteiger partial charge in [0.25, 0.3) is 5.56 Å². The largest absolute Gasteiger partial charge is 0.463 e. The zero-order chi connectivity index (χ0) is 15.7. The van der Waals surface area contributed by atoms with E-state index < -0.39 is 11.5 Å². The second kappa shape index (κ2) is 5.32. The Kier molecular flexibility index (Phi) is 3.34. The van der Waals surface area contributed by atoms with Crippen molar-refractivity contribution in [1.29, 1.82) is 0 Å². The molecular weight excluding hydrogens is 288 g/mol. The average Bonchev–Trinajstić information content (AvgIpc) is 3.11. The first-order chi connectivity index (χ1) is 10.5. The van der Waals surface area contributed by atoms with Crippen molar-refractivity contribution in [3.8, 4) is 22.8 Å². The zero-order valence-electron chi connectivity index (χ0n) is 11.6. The van der Waals surface area contributed by atoms with E-state index in [2.05, 4.69) is 10.3 Å². The molecule has 0 aromatic carbocycles. The van der Waals surface area contributed by atoms with Gasteiger partial charge in [-0.2, -0.15) is 5.10 Å². The Morgan fingerprint density at radius 2 is 2.18 bits per heavy atom. The number of rotatable bonds is 4. The summed E-state index contributed by atoms with van der Waals surface area (Å²) < 4.78 is 11.5. The first kappa shape index (κ1) is 13.8. The minimum atomic E-state index is -0.664. The number of nitrogens with two attached hydrogens (primary N) is 1. The zero-order valence-corrected chi connectivity index (χ0v) is 11.6. The summed E-state index contributed by atoms with van der Waals surface area (Å²) in [4.78, 5) is 23.1. The second-order valence-electron chi connectivity index (χ2n) is 4.68. The van der Waals surface area contributed by atoms with E-state index in [4.69, 9.17) is 14.7 Å². The molecule has 3 rings (SSSR count). The normalized spacial score (nSPS) is 10.8. The maximum absolute atomic E-state index is 12.1. The Balaban J connectivity index is 2.22. The fraction of sp³-hybridized carbons (Fsp3) is 0.143. The molecule has 0 radical (unpaired) electrons. The summed E-state index contributed by atoms with van der Waals surface area (Å²) in [6.45, 7) is 1.45. The van der Waals surface area contributed by atoms with Gasteiger partial charge in [0.2, 0.25) is 5.91 Å². The molecule has 2 N–H and O–H groups in total. The number of aromatic nitrogens is 3. The monoisotopic (exact) mass is 300 g/mol. The lowest BCUT2D eigenvalue weighted by Crippen LogP contribution is -2.30. The smallest absolute Gasteiger partial charge is 0.268 e. The molecule has 22 heavy (non-hydrogen) atoms. The summed E-state index contributed by atoms with van der Waals surface area (Å²) >= 11 is 0. The second-order valence-corrected chi connectivity index (χ2v) is 4.68. The number of furan rings is 1. The summed E-state index contributed by atoms with van der Waals surface area (Å²) in [5.41, 5.74) is 6.11. The number of carbonyl (C=O) groups is 1. The molecule has 0 fully saturated rings. The SMILES string of the molecule is Cc1cc(-c2cc(=O)n(CC(N)=O)nc2-c2ccco2)on1. The molecule has 0 aliphatic carbocycles. The van der Waals surface area contributed by atoms with Gasteiger partial charge in [0.05, 0.1) is 17.5 Å². The maximum atomic E-state index is 12.1. The van der Waals surface area contributed by atoms with Crippen LogP contribution in [0.15, 0.2) is 44.3 Å². The van der Waals surface area contributed by atoms with Gasteiger partial charge in [-0.05, 0) is 19.1 Å². The summed E-state index contributed by atoms with van der Waals surface area (Å²) in [5.74, 6) is 0.158. The van der Waals surface area contributed by atoms with Crippen LogP contribution >= 0.6 is 0 Å². The van der Waals surface area contributed by atoms with Gasteiger partial charge in [-0.3, -0.25) is 9.59 Å². The van der Waals surface area contributed by atoms with Crippen LogP contribution in [0.1, 0.15) is 5.69 Å². The van der Waals surface area contributed by atoms with Crippen LogP contribution in [0, 0.1) is 6.92 Å². The molecule has 3 heterocycles. The van der Waals surface area contributed by atoms with E-state index in [1.165, 1.54) is 12.3 Å². The molecule has 0 aliphatic heterocycles. The topological polar surface area (TPSA) is 117 Å². The molecule has 3 aromatic heterocycles. The van der Waals surface area contributed by atoms with Crippen molar-refractivity contribution >= 4 is 5.91 Å². The molecule has 8 nitrogen and oxygen atoms in total. The van der Waals surface area contributed by atoms with E-state index in [1.807, 2.05) is 0 Å². The molecule has 112 valence electrons. The lowest BCUT2D eigenvalue weighted by atomic mass is 10.1. The summed E-state index contributed by atoms with van der Waals surface area (Å²) in [6, 6.07) is 6.37. The van der Waals surface area contributed by atoms with Crippen LogP contribution in [0.25, 0.3) is 22.8 Å². The Morgan fingerprint density at radius 3 is 2.77 bits per heavy atom. The minimum Gasteiger partial charge on any atom is -0.463 e. The fourth-order valence-corrected chi connectivity index (χ4v) is 2.02. The Hall–Kier alpha value is -3.16. The van der Waals surface area contributed by atoms with Crippen LogP contribution in [0.5, 0.6) is 0 Å². The van der Waals surface area contributed by atoms with Crippen LogP contribution in [-0.2, 0) is 11.3 Å². The molecule has 0 saturated carbocycles. The summed E-state index contributed by atoms with van der Waals surface area (Å²) in [7, 11) is 0. The van der Waals surface area contributed by atoms with Crippen molar-refractivity contribution in [3.05, 3.63) is 46.6 Å². The summed E-state index contributed by atoms with van der Waals surface area (Å²) in [5, 5.41) is 7.96. The van der Waals surface area contributed by atoms with Gasteiger partial charge in [-0.15, -0.1) is 0 Å². The molecule has 0 unspecified atom stereocenters. The van der Waals surface area contributed by atoms with Crippen molar-refractivity contribution in [1.82, 2.24) is 14.9 Å². The molecule has 0 bridgehead atoms. The van der Waals surface area contributed by atoms with Crippen molar-refractivity contribution in [3.63, 3.8) is 0 Å².